The topological polar surface area (TPSA) is 62.8 Å². The van der Waals surface area contributed by atoms with Crippen LogP contribution < -0.4 is 5.73 Å². The molecule has 2 rings (SSSR count). The van der Waals surface area contributed by atoms with Crippen molar-refractivity contribution in [1.82, 2.24) is 4.98 Å². The average molecular weight is 185 g/mol. The van der Waals surface area contributed by atoms with E-state index in [1.54, 1.807) is 6.20 Å². The Balaban J connectivity index is 2.46. The van der Waals surface area contributed by atoms with Gasteiger partial charge in [-0.15, -0.1) is 0 Å². The van der Waals surface area contributed by atoms with Crippen LogP contribution in [0.1, 0.15) is 5.56 Å². The molecule has 70 valence electrons. The molecule has 3 N–H and O–H groups in total. The predicted molar refractivity (Wildman–Crippen MR) is 57.4 cm³/mol. The van der Waals surface area contributed by atoms with E-state index in [1.807, 2.05) is 30.3 Å². The lowest BCUT2D eigenvalue weighted by molar-refractivity contribution is 1.21. The van der Waals surface area contributed by atoms with Crippen LogP contribution in [0.4, 0.5) is 0 Å². The molecule has 0 unspecified atom stereocenters. The van der Waals surface area contributed by atoms with Gasteiger partial charge in [-0.3, -0.25) is 10.4 Å². The molecule has 0 amide bonds. The molecule has 0 bridgehead atoms. The Hall–Kier alpha value is -1.90. The second-order valence-electron chi connectivity index (χ2n) is 3.24. The smallest absolute Gasteiger partial charge is 0.0950 e. The number of fused-ring (bicyclic) bond motifs is 1. The minimum absolute atomic E-state index is 0.169. The third-order valence-electron chi connectivity index (χ3n) is 2.04. The zero-order valence-electron chi connectivity index (χ0n) is 7.70. The number of aromatic nitrogens is 1. The van der Waals surface area contributed by atoms with E-state index in [2.05, 4.69) is 4.98 Å². The first-order chi connectivity index (χ1) is 6.75. The Morgan fingerprint density at radius 2 is 2.14 bits per heavy atom. The normalized spacial score (nSPS) is 10.3. The average Bonchev–Trinajstić information content (AvgIpc) is 2.17. The van der Waals surface area contributed by atoms with Crippen molar-refractivity contribution in [3.63, 3.8) is 0 Å². The zero-order chi connectivity index (χ0) is 9.97. The summed E-state index contributed by atoms with van der Waals surface area (Å²) in [6.07, 6.45) is 2.24. The number of amidine groups is 1. The summed E-state index contributed by atoms with van der Waals surface area (Å²) in [5, 5.41) is 8.28. The summed E-state index contributed by atoms with van der Waals surface area (Å²) in [5.41, 5.74) is 7.28. The van der Waals surface area contributed by atoms with Gasteiger partial charge >= 0.3 is 0 Å². The molecule has 1 heterocycles. The van der Waals surface area contributed by atoms with Crippen molar-refractivity contribution in [3.8, 4) is 0 Å². The highest BCUT2D eigenvalue weighted by atomic mass is 14.7. The molecule has 3 heteroatoms. The maximum Gasteiger partial charge on any atom is 0.0950 e. The van der Waals surface area contributed by atoms with E-state index in [-0.39, 0.29) is 5.84 Å². The SMILES string of the molecule is N=C(N)Cc1cnc2ccccc2c1. The van der Waals surface area contributed by atoms with E-state index in [0.717, 1.165) is 16.5 Å². The molecule has 0 spiro atoms. The summed E-state index contributed by atoms with van der Waals surface area (Å²) >= 11 is 0. The van der Waals surface area contributed by atoms with E-state index < -0.39 is 0 Å². The van der Waals surface area contributed by atoms with Gasteiger partial charge in [-0.25, -0.2) is 0 Å². The van der Waals surface area contributed by atoms with Crippen LogP contribution in [0.25, 0.3) is 10.9 Å². The maximum atomic E-state index is 7.19. The van der Waals surface area contributed by atoms with Gasteiger partial charge in [0.25, 0.3) is 0 Å². The van der Waals surface area contributed by atoms with Gasteiger partial charge in [0.1, 0.15) is 0 Å². The summed E-state index contributed by atoms with van der Waals surface area (Å²) in [6, 6.07) is 9.92. The van der Waals surface area contributed by atoms with Gasteiger partial charge in [0.15, 0.2) is 0 Å². The van der Waals surface area contributed by atoms with Crippen molar-refractivity contribution in [2.75, 3.05) is 0 Å². The molecule has 2 aromatic rings. The standard InChI is InChI=1S/C11H11N3/c12-11(13)6-8-5-9-3-1-2-4-10(9)14-7-8/h1-5,7H,6H2,(H3,12,13). The van der Waals surface area contributed by atoms with Crippen molar-refractivity contribution in [1.29, 1.82) is 5.41 Å². The summed E-state index contributed by atoms with van der Waals surface area (Å²) in [5.74, 6) is 0.169. The van der Waals surface area contributed by atoms with Crippen LogP contribution in [0.5, 0.6) is 0 Å². The number of nitrogens with one attached hydrogen (secondary N) is 1. The van der Waals surface area contributed by atoms with Crippen molar-refractivity contribution in [3.05, 3.63) is 42.1 Å². The van der Waals surface area contributed by atoms with Crippen LogP contribution in [-0.4, -0.2) is 10.8 Å². The van der Waals surface area contributed by atoms with E-state index in [9.17, 15) is 0 Å². The summed E-state index contributed by atoms with van der Waals surface area (Å²) in [7, 11) is 0. The van der Waals surface area contributed by atoms with E-state index in [4.69, 9.17) is 11.1 Å². The molecular weight excluding hydrogens is 174 g/mol. The molecule has 1 aromatic heterocycles. The van der Waals surface area contributed by atoms with Crippen LogP contribution in [0, 0.1) is 5.41 Å². The molecule has 3 nitrogen and oxygen atoms in total. The first-order valence-electron chi connectivity index (χ1n) is 4.42. The predicted octanol–water partition coefficient (Wildman–Crippen LogP) is 1.71. The Kier molecular flexibility index (Phi) is 2.14. The molecule has 0 fully saturated rings. The Labute approximate surface area is 82.1 Å². The van der Waals surface area contributed by atoms with Gasteiger partial charge in [-0.1, -0.05) is 18.2 Å². The number of hydrogen-bond acceptors (Lipinski definition) is 2. The third kappa shape index (κ3) is 1.71. The zero-order valence-corrected chi connectivity index (χ0v) is 7.70. The minimum Gasteiger partial charge on any atom is -0.387 e. The fourth-order valence-electron chi connectivity index (χ4n) is 1.43. The molecule has 0 aliphatic carbocycles. The van der Waals surface area contributed by atoms with Crippen LogP contribution in [0.2, 0.25) is 0 Å². The highest BCUT2D eigenvalue weighted by Crippen LogP contribution is 2.12. The third-order valence-corrected chi connectivity index (χ3v) is 2.04. The van der Waals surface area contributed by atoms with Gasteiger partial charge in [0.2, 0.25) is 0 Å². The van der Waals surface area contributed by atoms with Gasteiger partial charge < -0.3 is 5.73 Å². The number of hydrogen-bond donors (Lipinski definition) is 2. The summed E-state index contributed by atoms with van der Waals surface area (Å²) in [4.78, 5) is 4.28. The van der Waals surface area contributed by atoms with Crippen LogP contribution in [0.15, 0.2) is 36.5 Å². The van der Waals surface area contributed by atoms with Crippen molar-refractivity contribution in [2.24, 2.45) is 5.73 Å². The first kappa shape index (κ1) is 8.69. The quantitative estimate of drug-likeness (QED) is 0.552. The Morgan fingerprint density at radius 3 is 2.93 bits per heavy atom. The first-order valence-corrected chi connectivity index (χ1v) is 4.42. The molecule has 0 saturated carbocycles. The molecule has 1 aromatic carbocycles. The molecule has 0 radical (unpaired) electrons. The highest BCUT2D eigenvalue weighted by molar-refractivity contribution is 5.83. The molecule has 14 heavy (non-hydrogen) atoms. The number of benzene rings is 1. The minimum atomic E-state index is 0.169. The van der Waals surface area contributed by atoms with Crippen LogP contribution in [-0.2, 0) is 6.42 Å². The lowest BCUT2D eigenvalue weighted by Gasteiger charge is -2.01. The van der Waals surface area contributed by atoms with Gasteiger partial charge in [-0.05, 0) is 17.7 Å². The van der Waals surface area contributed by atoms with E-state index in [0.29, 0.717) is 6.42 Å². The largest absolute Gasteiger partial charge is 0.387 e. The number of rotatable bonds is 2. The van der Waals surface area contributed by atoms with Crippen molar-refractivity contribution < 1.29 is 0 Å². The maximum absolute atomic E-state index is 7.19. The molecule has 0 saturated heterocycles. The van der Waals surface area contributed by atoms with Crippen molar-refractivity contribution >= 4 is 16.7 Å². The summed E-state index contributed by atoms with van der Waals surface area (Å²) in [6.45, 7) is 0. The second-order valence-corrected chi connectivity index (χ2v) is 3.24. The Morgan fingerprint density at radius 1 is 1.36 bits per heavy atom. The molecule has 0 aliphatic heterocycles. The molecule has 0 aliphatic rings. The van der Waals surface area contributed by atoms with E-state index in [1.165, 1.54) is 0 Å². The lowest BCUT2D eigenvalue weighted by Crippen LogP contribution is -2.12. The van der Waals surface area contributed by atoms with Gasteiger partial charge in [-0.2, -0.15) is 0 Å². The van der Waals surface area contributed by atoms with Crippen molar-refractivity contribution in [2.45, 2.75) is 6.42 Å². The lowest BCUT2D eigenvalue weighted by atomic mass is 10.1. The van der Waals surface area contributed by atoms with Crippen LogP contribution >= 0.6 is 0 Å². The number of para-hydroxylation sites is 1. The fraction of sp³-hybridized carbons (Fsp3) is 0.0909. The second kappa shape index (κ2) is 3.46. The Bertz CT molecular complexity index is 477. The number of pyridine rings is 1. The van der Waals surface area contributed by atoms with Gasteiger partial charge in [0.05, 0.1) is 11.4 Å². The molecular formula is C11H11N3. The fourth-order valence-corrected chi connectivity index (χ4v) is 1.43. The monoisotopic (exact) mass is 185 g/mol. The number of nitrogens with zero attached hydrogens (tertiary/aromatic N) is 1. The number of nitrogens with two attached hydrogens (primary N) is 1. The van der Waals surface area contributed by atoms with Gasteiger partial charge in [0, 0.05) is 18.0 Å². The molecule has 0 atom stereocenters. The highest BCUT2D eigenvalue weighted by Gasteiger charge is 1.98. The summed E-state index contributed by atoms with van der Waals surface area (Å²) < 4.78 is 0. The van der Waals surface area contributed by atoms with E-state index >= 15 is 0 Å². The van der Waals surface area contributed by atoms with Crippen LogP contribution in [0.3, 0.4) is 0 Å².